The molecule has 1 heterocycles. The van der Waals surface area contributed by atoms with Crippen LogP contribution in [-0.2, 0) is 6.42 Å². The first-order valence-corrected chi connectivity index (χ1v) is 5.79. The quantitative estimate of drug-likeness (QED) is 0.804. The van der Waals surface area contributed by atoms with Crippen LogP contribution in [0.25, 0.3) is 0 Å². The van der Waals surface area contributed by atoms with Crippen LogP contribution in [0.3, 0.4) is 0 Å². The molecule has 1 nitrogen and oxygen atoms in total. The van der Waals surface area contributed by atoms with Gasteiger partial charge in [-0.25, -0.2) is 0 Å². The summed E-state index contributed by atoms with van der Waals surface area (Å²) in [6.07, 6.45) is 2.14. The van der Waals surface area contributed by atoms with E-state index in [0.717, 1.165) is 5.56 Å². The highest BCUT2D eigenvalue weighted by molar-refractivity contribution is 8.93. The molecule has 19 heavy (non-hydrogen) atoms. The molecule has 0 spiro atoms. The van der Waals surface area contributed by atoms with E-state index in [-0.39, 0.29) is 17.0 Å². The molecule has 0 saturated carbocycles. The van der Waals surface area contributed by atoms with Crippen LogP contribution < -0.4 is 0 Å². The Morgan fingerprint density at radius 1 is 1.05 bits per heavy atom. The molecule has 1 unspecified atom stereocenters. The monoisotopic (exact) mass is 333 g/mol. The summed E-state index contributed by atoms with van der Waals surface area (Å²) in [6.45, 7) is 0.356. The van der Waals surface area contributed by atoms with E-state index in [0.29, 0.717) is 13.0 Å². The Kier molecular flexibility index (Phi) is 5.66. The van der Waals surface area contributed by atoms with Gasteiger partial charge in [0.15, 0.2) is 0 Å². The second kappa shape index (κ2) is 6.80. The zero-order valence-electron chi connectivity index (χ0n) is 10.2. The molecule has 1 aromatic rings. The minimum atomic E-state index is -4.22. The largest absolute Gasteiger partial charge is 0.412 e. The minimum Gasteiger partial charge on any atom is -0.362 e. The van der Waals surface area contributed by atoms with Gasteiger partial charge in [0.05, 0.1) is 0 Å². The third kappa shape index (κ3) is 4.42. The highest BCUT2D eigenvalue weighted by Gasteiger charge is 2.41. The minimum absolute atomic E-state index is 0. The standard InChI is InChI=1S/C14H14F3N.BrH/c15-14(16,17)13-8-4-5-10-18(13)11-9-12-6-2-1-3-7-12;/h1-8,10,13H,9,11H2;1H. The molecule has 0 N–H and O–H groups in total. The first kappa shape index (κ1) is 15.8. The first-order chi connectivity index (χ1) is 8.57. The third-order valence-electron chi connectivity index (χ3n) is 2.88. The summed E-state index contributed by atoms with van der Waals surface area (Å²) in [5.74, 6) is 0. The maximum atomic E-state index is 12.8. The Labute approximate surface area is 121 Å². The van der Waals surface area contributed by atoms with Crippen molar-refractivity contribution in [2.24, 2.45) is 0 Å². The topological polar surface area (TPSA) is 3.24 Å². The summed E-state index contributed by atoms with van der Waals surface area (Å²) in [5, 5.41) is 0. The molecule has 1 aliphatic rings. The normalized spacial score (nSPS) is 18.3. The van der Waals surface area contributed by atoms with Crippen molar-refractivity contribution in [1.29, 1.82) is 0 Å². The van der Waals surface area contributed by atoms with Crippen molar-refractivity contribution in [2.45, 2.75) is 18.6 Å². The summed E-state index contributed by atoms with van der Waals surface area (Å²) in [5.41, 5.74) is 1.04. The predicted molar refractivity (Wildman–Crippen MR) is 75.3 cm³/mol. The molecule has 0 bridgehead atoms. The van der Waals surface area contributed by atoms with Gasteiger partial charge in [-0.3, -0.25) is 0 Å². The van der Waals surface area contributed by atoms with Gasteiger partial charge < -0.3 is 4.90 Å². The fraction of sp³-hybridized carbons (Fsp3) is 0.286. The molecule has 0 aliphatic carbocycles. The molecule has 104 valence electrons. The van der Waals surface area contributed by atoms with Gasteiger partial charge >= 0.3 is 6.18 Å². The van der Waals surface area contributed by atoms with E-state index >= 15 is 0 Å². The Bertz CT molecular complexity index is 440. The molecular weight excluding hydrogens is 319 g/mol. The highest BCUT2D eigenvalue weighted by Crippen LogP contribution is 2.28. The summed E-state index contributed by atoms with van der Waals surface area (Å²) in [7, 11) is 0. The molecular formula is C14H15BrF3N. The van der Waals surface area contributed by atoms with E-state index in [2.05, 4.69) is 0 Å². The van der Waals surface area contributed by atoms with Crippen molar-refractivity contribution in [3.8, 4) is 0 Å². The second-order valence-electron chi connectivity index (χ2n) is 4.19. The summed E-state index contributed by atoms with van der Waals surface area (Å²) >= 11 is 0. The number of hydrogen-bond donors (Lipinski definition) is 0. The lowest BCUT2D eigenvalue weighted by atomic mass is 10.1. The lowest BCUT2D eigenvalue weighted by molar-refractivity contribution is -0.164. The van der Waals surface area contributed by atoms with E-state index in [1.165, 1.54) is 23.3 Å². The number of alkyl halides is 3. The summed E-state index contributed by atoms with van der Waals surface area (Å²) < 4.78 is 38.4. The van der Waals surface area contributed by atoms with Crippen molar-refractivity contribution < 1.29 is 13.2 Å². The van der Waals surface area contributed by atoms with E-state index in [4.69, 9.17) is 0 Å². The fourth-order valence-corrected chi connectivity index (χ4v) is 1.95. The molecule has 0 aromatic heterocycles. The van der Waals surface area contributed by atoms with Crippen molar-refractivity contribution in [3.63, 3.8) is 0 Å². The van der Waals surface area contributed by atoms with Crippen LogP contribution in [0.15, 0.2) is 54.8 Å². The molecule has 1 aliphatic heterocycles. The van der Waals surface area contributed by atoms with E-state index in [1.54, 1.807) is 6.08 Å². The summed E-state index contributed by atoms with van der Waals surface area (Å²) in [4.78, 5) is 1.33. The Morgan fingerprint density at radius 2 is 1.74 bits per heavy atom. The van der Waals surface area contributed by atoms with Gasteiger partial charge in [-0.2, -0.15) is 13.2 Å². The van der Waals surface area contributed by atoms with Gasteiger partial charge in [0.1, 0.15) is 6.04 Å². The van der Waals surface area contributed by atoms with Crippen LogP contribution in [0.4, 0.5) is 13.2 Å². The van der Waals surface area contributed by atoms with Crippen LogP contribution in [0.5, 0.6) is 0 Å². The van der Waals surface area contributed by atoms with E-state index in [9.17, 15) is 13.2 Å². The number of rotatable bonds is 3. The molecule has 0 saturated heterocycles. The van der Waals surface area contributed by atoms with Gasteiger partial charge in [-0.15, -0.1) is 17.0 Å². The van der Waals surface area contributed by atoms with Crippen molar-refractivity contribution in [1.82, 2.24) is 4.90 Å². The molecule has 0 radical (unpaired) electrons. The molecule has 0 fully saturated rings. The Hall–Kier alpha value is -1.23. The van der Waals surface area contributed by atoms with E-state index < -0.39 is 12.2 Å². The van der Waals surface area contributed by atoms with Crippen LogP contribution in [0.1, 0.15) is 5.56 Å². The van der Waals surface area contributed by atoms with Crippen LogP contribution in [-0.4, -0.2) is 23.7 Å². The van der Waals surface area contributed by atoms with Gasteiger partial charge in [-0.1, -0.05) is 42.5 Å². The lowest BCUT2D eigenvalue weighted by Gasteiger charge is -2.31. The van der Waals surface area contributed by atoms with Crippen LogP contribution >= 0.6 is 17.0 Å². The van der Waals surface area contributed by atoms with Gasteiger partial charge in [0.25, 0.3) is 0 Å². The highest BCUT2D eigenvalue weighted by atomic mass is 79.9. The molecule has 5 heteroatoms. The SMILES string of the molecule is Br.FC(F)(F)C1C=CC=CN1CCc1ccccc1. The van der Waals surface area contributed by atoms with Crippen LogP contribution in [0, 0.1) is 0 Å². The number of benzene rings is 1. The maximum absolute atomic E-state index is 12.8. The predicted octanol–water partition coefficient (Wildman–Crippen LogP) is 4.12. The lowest BCUT2D eigenvalue weighted by Crippen LogP contribution is -2.43. The number of halogens is 4. The smallest absolute Gasteiger partial charge is 0.362 e. The van der Waals surface area contributed by atoms with Gasteiger partial charge in [0.2, 0.25) is 0 Å². The molecule has 1 atom stereocenters. The van der Waals surface area contributed by atoms with Gasteiger partial charge in [-0.05, 0) is 24.3 Å². The number of hydrogen-bond acceptors (Lipinski definition) is 1. The van der Waals surface area contributed by atoms with Gasteiger partial charge in [0, 0.05) is 6.54 Å². The summed E-state index contributed by atoms with van der Waals surface area (Å²) in [6, 6.07) is 8.01. The molecule has 0 amide bonds. The Balaban J connectivity index is 0.00000180. The first-order valence-electron chi connectivity index (χ1n) is 5.79. The second-order valence-corrected chi connectivity index (χ2v) is 4.19. The Morgan fingerprint density at radius 3 is 2.37 bits per heavy atom. The van der Waals surface area contributed by atoms with Crippen molar-refractivity contribution in [3.05, 3.63) is 60.3 Å². The molecule has 1 aromatic carbocycles. The number of nitrogens with zero attached hydrogens (tertiary/aromatic N) is 1. The van der Waals surface area contributed by atoms with Crippen LogP contribution in [0.2, 0.25) is 0 Å². The number of allylic oxidation sites excluding steroid dienone is 2. The van der Waals surface area contributed by atoms with E-state index in [1.807, 2.05) is 30.3 Å². The van der Waals surface area contributed by atoms with Crippen molar-refractivity contribution in [2.75, 3.05) is 6.54 Å². The third-order valence-corrected chi connectivity index (χ3v) is 2.88. The average Bonchev–Trinajstić information content (AvgIpc) is 2.37. The zero-order valence-corrected chi connectivity index (χ0v) is 11.9. The average molecular weight is 334 g/mol. The van der Waals surface area contributed by atoms with Crippen molar-refractivity contribution >= 4 is 17.0 Å². The zero-order chi connectivity index (χ0) is 13.0. The molecule has 2 rings (SSSR count). The fourth-order valence-electron chi connectivity index (χ4n) is 1.95. The maximum Gasteiger partial charge on any atom is 0.412 e.